The first-order valence-electron chi connectivity index (χ1n) is 7.16. The fraction of sp³-hybridized carbons (Fsp3) is 0.211. The minimum absolute atomic E-state index is 0.552. The van der Waals surface area contributed by atoms with E-state index >= 15 is 0 Å². The minimum Gasteiger partial charge on any atom is -0.488 e. The van der Waals surface area contributed by atoms with Crippen molar-refractivity contribution in [3.63, 3.8) is 0 Å². The van der Waals surface area contributed by atoms with Crippen LogP contribution in [-0.4, -0.2) is 17.7 Å². The van der Waals surface area contributed by atoms with Crippen LogP contribution >= 0.6 is 0 Å². The first kappa shape index (κ1) is 15.8. The number of aryl methyl sites for hydroxylation is 1. The zero-order chi connectivity index (χ0) is 16.1. The molecule has 0 fully saturated rings. The summed E-state index contributed by atoms with van der Waals surface area (Å²) in [4.78, 5) is 10.5. The Kier molecular flexibility index (Phi) is 4.99. The number of hydrogen-bond acceptors (Lipinski definition) is 2. The molecule has 0 aromatic heterocycles. The van der Waals surface area contributed by atoms with Crippen molar-refractivity contribution in [3.05, 3.63) is 70.3 Å². The first-order chi connectivity index (χ1) is 10.5. The average Bonchev–Trinajstić information content (AvgIpc) is 2.45. The van der Waals surface area contributed by atoms with E-state index in [1.165, 1.54) is 11.6 Å². The maximum absolute atomic E-state index is 10.5. The van der Waals surface area contributed by atoms with Crippen molar-refractivity contribution < 1.29 is 14.6 Å². The van der Waals surface area contributed by atoms with E-state index in [4.69, 9.17) is 9.84 Å². The summed E-state index contributed by atoms with van der Waals surface area (Å²) < 4.78 is 5.77. The van der Waals surface area contributed by atoms with E-state index in [9.17, 15) is 4.79 Å². The third-order valence-electron chi connectivity index (χ3n) is 3.44. The van der Waals surface area contributed by atoms with Crippen LogP contribution in [0.25, 0.3) is 6.08 Å². The monoisotopic (exact) mass is 296 g/mol. The van der Waals surface area contributed by atoms with Gasteiger partial charge in [0.15, 0.2) is 0 Å². The summed E-state index contributed by atoms with van der Waals surface area (Å²) in [6.45, 7) is 6.40. The molecule has 1 N–H and O–H groups in total. The molecule has 1 aromatic rings. The highest BCUT2D eigenvalue weighted by Crippen LogP contribution is 2.29. The first-order valence-corrected chi connectivity index (χ1v) is 7.16. The Balaban J connectivity index is 2.16. The van der Waals surface area contributed by atoms with E-state index in [1.807, 2.05) is 31.2 Å². The van der Waals surface area contributed by atoms with Gasteiger partial charge in [0.05, 0.1) is 0 Å². The smallest absolute Gasteiger partial charge is 0.328 e. The lowest BCUT2D eigenvalue weighted by Gasteiger charge is -2.18. The number of aliphatic carboxylic acids is 1. The molecule has 1 aliphatic rings. The lowest BCUT2D eigenvalue weighted by Crippen LogP contribution is -2.08. The summed E-state index contributed by atoms with van der Waals surface area (Å²) >= 11 is 0. The normalized spacial score (nSPS) is 15.3. The van der Waals surface area contributed by atoms with E-state index in [2.05, 4.69) is 19.1 Å². The quantitative estimate of drug-likeness (QED) is 0.665. The Labute approximate surface area is 130 Å². The number of carboxylic acid groups (broad SMARTS) is 1. The molecule has 0 bridgehead atoms. The maximum atomic E-state index is 10.5. The summed E-state index contributed by atoms with van der Waals surface area (Å²) in [5, 5.41) is 8.66. The second-order valence-corrected chi connectivity index (χ2v) is 5.43. The number of carboxylic acids is 1. The highest BCUT2D eigenvalue weighted by molar-refractivity contribution is 5.81. The molecule has 3 nitrogen and oxygen atoms in total. The van der Waals surface area contributed by atoms with Crippen LogP contribution in [0.1, 0.15) is 25.0 Å². The van der Waals surface area contributed by atoms with Gasteiger partial charge in [0.25, 0.3) is 0 Å². The highest BCUT2D eigenvalue weighted by atomic mass is 16.5. The van der Waals surface area contributed by atoms with Gasteiger partial charge in [0.1, 0.15) is 12.4 Å². The molecule has 2 rings (SSSR count). The Morgan fingerprint density at radius 3 is 2.82 bits per heavy atom. The number of rotatable bonds is 4. The van der Waals surface area contributed by atoms with Gasteiger partial charge in [0, 0.05) is 11.6 Å². The number of benzene rings is 1. The number of ether oxygens (including phenoxy) is 1. The molecule has 1 heterocycles. The van der Waals surface area contributed by atoms with E-state index in [0.29, 0.717) is 12.2 Å². The van der Waals surface area contributed by atoms with Crippen molar-refractivity contribution >= 4 is 12.0 Å². The zero-order valence-corrected chi connectivity index (χ0v) is 13.1. The molecule has 0 amide bonds. The predicted molar refractivity (Wildman–Crippen MR) is 88.9 cm³/mol. The zero-order valence-electron chi connectivity index (χ0n) is 13.1. The molecule has 22 heavy (non-hydrogen) atoms. The number of hydrogen-bond donors (Lipinski definition) is 1. The standard InChI is InChI=1S/C19H20O3/c1-13(10-19(20)21)5-4-6-15(3)17-11-16-9-14(2)7-8-18(16)22-12-17/h4-11H,12H2,1-3H3,(H,20,21)/b5-4+,13-10+,15-6+. The summed E-state index contributed by atoms with van der Waals surface area (Å²) in [6.07, 6.45) is 8.93. The summed E-state index contributed by atoms with van der Waals surface area (Å²) in [5.74, 6) is -0.0175. The van der Waals surface area contributed by atoms with Crippen LogP contribution in [0.4, 0.5) is 0 Å². The Morgan fingerprint density at radius 2 is 2.09 bits per heavy atom. The molecular weight excluding hydrogens is 276 g/mol. The number of allylic oxidation sites excluding steroid dienone is 4. The van der Waals surface area contributed by atoms with Gasteiger partial charge in [-0.05, 0) is 55.7 Å². The van der Waals surface area contributed by atoms with Crippen molar-refractivity contribution in [1.82, 2.24) is 0 Å². The molecule has 114 valence electrons. The van der Waals surface area contributed by atoms with E-state index in [1.54, 1.807) is 13.0 Å². The lowest BCUT2D eigenvalue weighted by molar-refractivity contribution is -0.131. The largest absolute Gasteiger partial charge is 0.488 e. The summed E-state index contributed by atoms with van der Waals surface area (Å²) in [6, 6.07) is 6.15. The average molecular weight is 296 g/mol. The number of fused-ring (bicyclic) bond motifs is 1. The van der Waals surface area contributed by atoms with Crippen LogP contribution in [0.15, 0.2) is 59.2 Å². The van der Waals surface area contributed by atoms with Crippen LogP contribution < -0.4 is 4.74 Å². The molecule has 0 saturated heterocycles. The molecule has 0 spiro atoms. The van der Waals surface area contributed by atoms with Gasteiger partial charge >= 0.3 is 5.97 Å². The molecule has 1 aliphatic heterocycles. The molecule has 0 saturated carbocycles. The fourth-order valence-corrected chi connectivity index (χ4v) is 2.22. The van der Waals surface area contributed by atoms with Crippen molar-refractivity contribution in [2.75, 3.05) is 6.61 Å². The topological polar surface area (TPSA) is 46.5 Å². The van der Waals surface area contributed by atoms with Gasteiger partial charge in [-0.25, -0.2) is 4.79 Å². The number of carbonyl (C=O) groups is 1. The van der Waals surface area contributed by atoms with Crippen LogP contribution in [0.5, 0.6) is 5.75 Å². The highest BCUT2D eigenvalue weighted by Gasteiger charge is 2.11. The predicted octanol–water partition coefficient (Wildman–Crippen LogP) is 4.30. The Hall–Kier alpha value is -2.55. The second-order valence-electron chi connectivity index (χ2n) is 5.43. The summed E-state index contributed by atoms with van der Waals surface area (Å²) in [7, 11) is 0. The third kappa shape index (κ3) is 4.22. The van der Waals surface area contributed by atoms with Crippen molar-refractivity contribution in [2.24, 2.45) is 0 Å². The summed E-state index contributed by atoms with van der Waals surface area (Å²) in [5.41, 5.74) is 5.23. The van der Waals surface area contributed by atoms with Crippen molar-refractivity contribution in [3.8, 4) is 5.75 Å². The maximum Gasteiger partial charge on any atom is 0.328 e. The van der Waals surface area contributed by atoms with Crippen LogP contribution in [0.3, 0.4) is 0 Å². The van der Waals surface area contributed by atoms with Gasteiger partial charge in [-0.15, -0.1) is 0 Å². The van der Waals surface area contributed by atoms with Gasteiger partial charge in [0.2, 0.25) is 0 Å². The molecular formula is C19H20O3. The van der Waals surface area contributed by atoms with Crippen LogP contribution in [0.2, 0.25) is 0 Å². The van der Waals surface area contributed by atoms with Gasteiger partial charge in [-0.1, -0.05) is 29.9 Å². The van der Waals surface area contributed by atoms with Gasteiger partial charge in [-0.2, -0.15) is 0 Å². The SMILES string of the molecule is CC(/C=C/C=C(\C)C1=Cc2cc(C)ccc2OC1)=C\C(=O)O. The van der Waals surface area contributed by atoms with Crippen molar-refractivity contribution in [2.45, 2.75) is 20.8 Å². The van der Waals surface area contributed by atoms with Crippen LogP contribution in [0, 0.1) is 6.92 Å². The Morgan fingerprint density at radius 1 is 1.32 bits per heavy atom. The molecule has 1 aromatic carbocycles. The molecule has 0 unspecified atom stereocenters. The lowest BCUT2D eigenvalue weighted by atomic mass is 10.0. The van der Waals surface area contributed by atoms with Crippen molar-refractivity contribution in [1.29, 1.82) is 0 Å². The molecule has 3 heteroatoms. The third-order valence-corrected chi connectivity index (χ3v) is 3.44. The van der Waals surface area contributed by atoms with E-state index in [-0.39, 0.29) is 0 Å². The van der Waals surface area contributed by atoms with Crippen LogP contribution in [-0.2, 0) is 4.79 Å². The molecule has 0 aliphatic carbocycles. The molecule has 0 radical (unpaired) electrons. The van der Waals surface area contributed by atoms with E-state index < -0.39 is 5.97 Å². The molecule has 0 atom stereocenters. The van der Waals surface area contributed by atoms with E-state index in [0.717, 1.165) is 22.5 Å². The van der Waals surface area contributed by atoms with Gasteiger partial charge in [-0.3, -0.25) is 0 Å². The fourth-order valence-electron chi connectivity index (χ4n) is 2.22. The second kappa shape index (κ2) is 6.94. The Bertz CT molecular complexity index is 703. The van der Waals surface area contributed by atoms with Gasteiger partial charge < -0.3 is 9.84 Å². The minimum atomic E-state index is -0.932.